The van der Waals surface area contributed by atoms with Crippen LogP contribution in [-0.4, -0.2) is 27.4 Å². The van der Waals surface area contributed by atoms with Gasteiger partial charge in [-0.25, -0.2) is 4.79 Å². The number of hydrogen-bond donors (Lipinski definition) is 3. The standard InChI is InChI=1S/C19H21N5O2/c1-19(2,3)23-17(25)15-10-12(8-9-21-15)24(18(20)26)16-11-22-14-7-5-4-6-13(14)16/h4-11,22H,1-3H3,(H2,20,26)(H,23,25). The zero-order chi connectivity index (χ0) is 18.9. The predicted molar refractivity (Wildman–Crippen MR) is 101 cm³/mol. The molecule has 26 heavy (non-hydrogen) atoms. The summed E-state index contributed by atoms with van der Waals surface area (Å²) in [6, 6.07) is 10.1. The highest BCUT2D eigenvalue weighted by Crippen LogP contribution is 2.32. The molecule has 3 aromatic rings. The van der Waals surface area contributed by atoms with E-state index in [0.29, 0.717) is 11.4 Å². The number of benzene rings is 1. The number of aromatic nitrogens is 2. The van der Waals surface area contributed by atoms with Gasteiger partial charge in [-0.2, -0.15) is 0 Å². The van der Waals surface area contributed by atoms with E-state index < -0.39 is 11.6 Å². The van der Waals surface area contributed by atoms with Crippen LogP contribution in [0, 0.1) is 0 Å². The molecule has 0 radical (unpaired) electrons. The molecule has 3 amide bonds. The van der Waals surface area contributed by atoms with Gasteiger partial charge < -0.3 is 16.0 Å². The molecule has 7 nitrogen and oxygen atoms in total. The fourth-order valence-electron chi connectivity index (χ4n) is 2.71. The molecule has 134 valence electrons. The van der Waals surface area contributed by atoms with Gasteiger partial charge in [-0.05, 0) is 39.0 Å². The Hall–Kier alpha value is -3.35. The largest absolute Gasteiger partial charge is 0.359 e. The number of primary amides is 1. The van der Waals surface area contributed by atoms with E-state index >= 15 is 0 Å². The van der Waals surface area contributed by atoms with Crippen molar-refractivity contribution < 1.29 is 9.59 Å². The molecule has 0 aliphatic heterocycles. The van der Waals surface area contributed by atoms with Gasteiger partial charge in [0, 0.05) is 28.8 Å². The fourth-order valence-corrected chi connectivity index (χ4v) is 2.71. The number of pyridine rings is 1. The van der Waals surface area contributed by atoms with E-state index in [9.17, 15) is 9.59 Å². The van der Waals surface area contributed by atoms with Crippen LogP contribution in [0.25, 0.3) is 10.9 Å². The summed E-state index contributed by atoms with van der Waals surface area (Å²) in [5.41, 5.74) is 7.41. The lowest BCUT2D eigenvalue weighted by Crippen LogP contribution is -2.41. The zero-order valence-corrected chi connectivity index (χ0v) is 14.9. The van der Waals surface area contributed by atoms with Gasteiger partial charge >= 0.3 is 6.03 Å². The van der Waals surface area contributed by atoms with Crippen molar-refractivity contribution in [1.82, 2.24) is 15.3 Å². The van der Waals surface area contributed by atoms with Crippen molar-refractivity contribution in [3.63, 3.8) is 0 Å². The first-order valence-electron chi connectivity index (χ1n) is 8.20. The second kappa shape index (κ2) is 6.51. The van der Waals surface area contributed by atoms with E-state index in [1.807, 2.05) is 45.0 Å². The van der Waals surface area contributed by atoms with Crippen LogP contribution < -0.4 is 16.0 Å². The monoisotopic (exact) mass is 351 g/mol. The number of hydrogen-bond acceptors (Lipinski definition) is 3. The van der Waals surface area contributed by atoms with Crippen LogP contribution in [0.15, 0.2) is 48.8 Å². The van der Waals surface area contributed by atoms with Gasteiger partial charge in [0.1, 0.15) is 5.69 Å². The molecule has 0 saturated carbocycles. The number of fused-ring (bicyclic) bond motifs is 1. The Balaban J connectivity index is 2.03. The highest BCUT2D eigenvalue weighted by Gasteiger charge is 2.21. The van der Waals surface area contributed by atoms with E-state index in [1.165, 1.54) is 11.1 Å². The predicted octanol–water partition coefficient (Wildman–Crippen LogP) is 3.31. The lowest BCUT2D eigenvalue weighted by Gasteiger charge is -2.22. The quantitative estimate of drug-likeness (QED) is 0.674. The minimum Gasteiger partial charge on any atom is -0.359 e. The number of amides is 3. The van der Waals surface area contributed by atoms with Crippen molar-refractivity contribution in [2.24, 2.45) is 5.73 Å². The summed E-state index contributed by atoms with van der Waals surface area (Å²) in [6.07, 6.45) is 3.20. The van der Waals surface area contributed by atoms with Gasteiger partial charge in [0.05, 0.1) is 11.4 Å². The molecule has 2 heterocycles. The first-order chi connectivity index (χ1) is 12.3. The smallest absolute Gasteiger partial charge is 0.323 e. The molecule has 0 spiro atoms. The Morgan fingerprint density at radius 2 is 1.92 bits per heavy atom. The lowest BCUT2D eigenvalue weighted by molar-refractivity contribution is 0.0914. The summed E-state index contributed by atoms with van der Waals surface area (Å²) in [7, 11) is 0. The van der Waals surface area contributed by atoms with Gasteiger partial charge in [-0.3, -0.25) is 14.7 Å². The number of nitrogens with zero attached hydrogens (tertiary/aromatic N) is 2. The van der Waals surface area contributed by atoms with E-state index in [0.717, 1.165) is 10.9 Å². The number of urea groups is 1. The number of H-pyrrole nitrogens is 1. The average molecular weight is 351 g/mol. The normalized spacial score (nSPS) is 11.3. The minimum atomic E-state index is -0.650. The summed E-state index contributed by atoms with van der Waals surface area (Å²) in [5.74, 6) is -0.317. The molecule has 0 aliphatic rings. The summed E-state index contributed by atoms with van der Waals surface area (Å²) >= 11 is 0. The molecule has 0 atom stereocenters. The van der Waals surface area contributed by atoms with Crippen molar-refractivity contribution in [1.29, 1.82) is 0 Å². The summed E-state index contributed by atoms with van der Waals surface area (Å²) in [6.45, 7) is 5.66. The number of para-hydroxylation sites is 1. The molecule has 0 saturated heterocycles. The topological polar surface area (TPSA) is 104 Å². The molecular formula is C19H21N5O2. The van der Waals surface area contributed by atoms with Crippen LogP contribution in [0.3, 0.4) is 0 Å². The highest BCUT2D eigenvalue weighted by molar-refractivity contribution is 6.07. The highest BCUT2D eigenvalue weighted by atomic mass is 16.2. The lowest BCUT2D eigenvalue weighted by atomic mass is 10.1. The third-order valence-corrected chi connectivity index (χ3v) is 3.75. The number of carbonyl (C=O) groups excluding carboxylic acids is 2. The molecule has 0 fully saturated rings. The first kappa shape index (κ1) is 17.5. The van der Waals surface area contributed by atoms with Crippen LogP contribution in [0.1, 0.15) is 31.3 Å². The van der Waals surface area contributed by atoms with Gasteiger partial charge in [-0.1, -0.05) is 18.2 Å². The summed E-state index contributed by atoms with van der Waals surface area (Å²) in [4.78, 5) is 33.1. The summed E-state index contributed by atoms with van der Waals surface area (Å²) < 4.78 is 0. The molecule has 4 N–H and O–H groups in total. The second-order valence-electron chi connectivity index (χ2n) is 7.00. The van der Waals surface area contributed by atoms with E-state index in [-0.39, 0.29) is 11.6 Å². The third-order valence-electron chi connectivity index (χ3n) is 3.75. The van der Waals surface area contributed by atoms with Crippen LogP contribution in [0.2, 0.25) is 0 Å². The summed E-state index contributed by atoms with van der Waals surface area (Å²) in [5, 5.41) is 3.70. The number of rotatable bonds is 3. The Morgan fingerprint density at radius 3 is 2.62 bits per heavy atom. The maximum Gasteiger partial charge on any atom is 0.323 e. The van der Waals surface area contributed by atoms with Crippen molar-refractivity contribution in [2.45, 2.75) is 26.3 Å². The SMILES string of the molecule is CC(C)(C)NC(=O)c1cc(N(C(N)=O)c2c[nH]c3ccccc23)ccn1. The van der Waals surface area contributed by atoms with Crippen LogP contribution in [0.4, 0.5) is 16.2 Å². The molecule has 0 aliphatic carbocycles. The Labute approximate surface area is 151 Å². The Morgan fingerprint density at radius 1 is 1.19 bits per heavy atom. The molecule has 0 bridgehead atoms. The Kier molecular flexibility index (Phi) is 4.38. The number of carbonyl (C=O) groups is 2. The fraction of sp³-hybridized carbons (Fsp3) is 0.211. The maximum atomic E-state index is 12.4. The number of anilines is 2. The molecule has 7 heteroatoms. The van der Waals surface area contributed by atoms with Crippen molar-refractivity contribution >= 4 is 34.2 Å². The van der Waals surface area contributed by atoms with Crippen molar-refractivity contribution in [2.75, 3.05) is 4.90 Å². The number of aromatic amines is 1. The average Bonchev–Trinajstić information content (AvgIpc) is 2.97. The van der Waals surface area contributed by atoms with Gasteiger partial charge in [0.15, 0.2) is 0 Å². The van der Waals surface area contributed by atoms with E-state index in [4.69, 9.17) is 5.73 Å². The number of nitrogens with two attached hydrogens (primary N) is 1. The van der Waals surface area contributed by atoms with Gasteiger partial charge in [0.25, 0.3) is 5.91 Å². The second-order valence-corrected chi connectivity index (χ2v) is 7.00. The molecule has 2 aromatic heterocycles. The number of nitrogens with one attached hydrogen (secondary N) is 2. The van der Waals surface area contributed by atoms with Crippen LogP contribution in [-0.2, 0) is 0 Å². The van der Waals surface area contributed by atoms with Crippen LogP contribution in [0.5, 0.6) is 0 Å². The van der Waals surface area contributed by atoms with E-state index in [2.05, 4.69) is 15.3 Å². The molecule has 1 aromatic carbocycles. The first-order valence-corrected chi connectivity index (χ1v) is 8.20. The molecular weight excluding hydrogens is 330 g/mol. The van der Waals surface area contributed by atoms with Gasteiger partial charge in [-0.15, -0.1) is 0 Å². The van der Waals surface area contributed by atoms with Gasteiger partial charge in [0.2, 0.25) is 0 Å². The van der Waals surface area contributed by atoms with Crippen molar-refractivity contribution in [3.8, 4) is 0 Å². The van der Waals surface area contributed by atoms with Crippen LogP contribution >= 0.6 is 0 Å². The molecule has 0 unspecified atom stereocenters. The Bertz CT molecular complexity index is 971. The van der Waals surface area contributed by atoms with E-state index in [1.54, 1.807) is 18.3 Å². The van der Waals surface area contributed by atoms with Crippen molar-refractivity contribution in [3.05, 3.63) is 54.5 Å². The third kappa shape index (κ3) is 3.51. The molecule has 3 rings (SSSR count). The maximum absolute atomic E-state index is 12.4. The minimum absolute atomic E-state index is 0.212. The zero-order valence-electron chi connectivity index (χ0n) is 14.9.